The first-order valence-electron chi connectivity index (χ1n) is 6.06. The zero-order valence-electron chi connectivity index (χ0n) is 11.2. The van der Waals surface area contributed by atoms with Crippen molar-refractivity contribution < 1.29 is 14.6 Å². The fourth-order valence-electron chi connectivity index (χ4n) is 2.02. The third-order valence-electron chi connectivity index (χ3n) is 2.79. The highest BCUT2D eigenvalue weighted by molar-refractivity contribution is 5.91. The van der Waals surface area contributed by atoms with Crippen molar-refractivity contribution in [3.05, 3.63) is 58.7 Å². The fourth-order valence-corrected chi connectivity index (χ4v) is 2.02. The minimum absolute atomic E-state index is 0.180. The van der Waals surface area contributed by atoms with Gasteiger partial charge in [0, 0.05) is 0 Å². The summed E-state index contributed by atoms with van der Waals surface area (Å²) in [7, 11) is 0. The van der Waals surface area contributed by atoms with Crippen molar-refractivity contribution in [1.82, 2.24) is 0 Å². The first kappa shape index (κ1) is 13.1. The summed E-state index contributed by atoms with van der Waals surface area (Å²) in [4.78, 5) is 11.2. The number of carboxylic acid groups (broad SMARTS) is 1. The lowest BCUT2D eigenvalue weighted by Crippen LogP contribution is -2.00. The molecule has 2 aromatic carbocycles. The minimum Gasteiger partial charge on any atom is -0.478 e. The van der Waals surface area contributed by atoms with Crippen molar-refractivity contribution in [3.63, 3.8) is 0 Å². The molecule has 2 aromatic rings. The Balaban J connectivity index is 2.40. The van der Waals surface area contributed by atoms with Crippen LogP contribution in [0.1, 0.15) is 27.0 Å². The molecule has 0 radical (unpaired) electrons. The van der Waals surface area contributed by atoms with Gasteiger partial charge in [-0.15, -0.1) is 0 Å². The molecule has 0 fully saturated rings. The predicted octanol–water partition coefficient (Wildman–Crippen LogP) is 4.10. The summed E-state index contributed by atoms with van der Waals surface area (Å²) in [5.41, 5.74) is 3.24. The van der Waals surface area contributed by atoms with E-state index in [1.165, 1.54) is 0 Å². The van der Waals surface area contributed by atoms with Gasteiger partial charge in [-0.1, -0.05) is 17.7 Å². The van der Waals surface area contributed by atoms with Gasteiger partial charge >= 0.3 is 5.97 Å². The summed E-state index contributed by atoms with van der Waals surface area (Å²) < 4.78 is 5.71. The average Bonchev–Trinajstić information content (AvgIpc) is 2.30. The number of rotatable bonds is 3. The Kier molecular flexibility index (Phi) is 3.56. The molecule has 0 aliphatic heterocycles. The summed E-state index contributed by atoms with van der Waals surface area (Å²) in [5.74, 6) is 0.0371. The number of hydrogen-bond acceptors (Lipinski definition) is 2. The maximum atomic E-state index is 11.2. The standard InChI is InChI=1S/C16H16O3/c1-10-4-5-15(14(9-10)16(17)18)19-13-7-11(2)6-12(3)8-13/h4-9H,1-3H3,(H,17,18). The van der Waals surface area contributed by atoms with Crippen molar-refractivity contribution in [2.75, 3.05) is 0 Å². The molecular weight excluding hydrogens is 240 g/mol. The Hall–Kier alpha value is -2.29. The fraction of sp³-hybridized carbons (Fsp3) is 0.188. The number of aryl methyl sites for hydroxylation is 3. The van der Waals surface area contributed by atoms with Gasteiger partial charge in [-0.3, -0.25) is 0 Å². The zero-order chi connectivity index (χ0) is 14.0. The smallest absolute Gasteiger partial charge is 0.339 e. The van der Waals surface area contributed by atoms with Crippen LogP contribution in [0.5, 0.6) is 11.5 Å². The molecule has 19 heavy (non-hydrogen) atoms. The van der Waals surface area contributed by atoms with Gasteiger partial charge < -0.3 is 9.84 Å². The van der Waals surface area contributed by atoms with E-state index in [2.05, 4.69) is 0 Å². The van der Waals surface area contributed by atoms with Crippen LogP contribution in [-0.4, -0.2) is 11.1 Å². The molecule has 0 amide bonds. The van der Waals surface area contributed by atoms with Crippen molar-refractivity contribution in [2.45, 2.75) is 20.8 Å². The van der Waals surface area contributed by atoms with Crippen LogP contribution in [0.3, 0.4) is 0 Å². The first-order chi connectivity index (χ1) is 8.95. The largest absolute Gasteiger partial charge is 0.478 e. The maximum absolute atomic E-state index is 11.2. The topological polar surface area (TPSA) is 46.5 Å². The third-order valence-corrected chi connectivity index (χ3v) is 2.79. The van der Waals surface area contributed by atoms with Gasteiger partial charge in [0.05, 0.1) is 0 Å². The van der Waals surface area contributed by atoms with Gasteiger partial charge in [0.15, 0.2) is 0 Å². The van der Waals surface area contributed by atoms with E-state index in [0.29, 0.717) is 11.5 Å². The molecule has 3 heteroatoms. The van der Waals surface area contributed by atoms with E-state index in [0.717, 1.165) is 16.7 Å². The van der Waals surface area contributed by atoms with Crippen LogP contribution >= 0.6 is 0 Å². The quantitative estimate of drug-likeness (QED) is 0.899. The van der Waals surface area contributed by atoms with E-state index in [9.17, 15) is 9.90 Å². The van der Waals surface area contributed by atoms with E-state index in [1.807, 2.05) is 45.0 Å². The number of aromatic carboxylic acids is 1. The number of carboxylic acids is 1. The van der Waals surface area contributed by atoms with Gasteiger partial charge in [-0.05, 0) is 56.2 Å². The van der Waals surface area contributed by atoms with Gasteiger partial charge in [0.1, 0.15) is 17.1 Å². The third kappa shape index (κ3) is 3.13. The second-order valence-corrected chi connectivity index (χ2v) is 4.73. The summed E-state index contributed by atoms with van der Waals surface area (Å²) in [5, 5.41) is 9.20. The van der Waals surface area contributed by atoms with Crippen LogP contribution in [-0.2, 0) is 0 Å². The van der Waals surface area contributed by atoms with Crippen LogP contribution < -0.4 is 4.74 Å². The van der Waals surface area contributed by atoms with Crippen molar-refractivity contribution in [3.8, 4) is 11.5 Å². The van der Waals surface area contributed by atoms with E-state index < -0.39 is 5.97 Å². The monoisotopic (exact) mass is 256 g/mol. The molecule has 0 spiro atoms. The second kappa shape index (κ2) is 5.14. The van der Waals surface area contributed by atoms with Crippen molar-refractivity contribution in [1.29, 1.82) is 0 Å². The molecule has 98 valence electrons. The Labute approximate surface area is 112 Å². The lowest BCUT2D eigenvalue weighted by Gasteiger charge is -2.11. The minimum atomic E-state index is -0.983. The van der Waals surface area contributed by atoms with Gasteiger partial charge in [-0.25, -0.2) is 4.79 Å². The molecule has 0 aromatic heterocycles. The van der Waals surface area contributed by atoms with E-state index in [-0.39, 0.29) is 5.56 Å². The highest BCUT2D eigenvalue weighted by Gasteiger charge is 2.12. The SMILES string of the molecule is Cc1cc(C)cc(Oc2ccc(C)cc2C(=O)O)c1. The number of benzene rings is 2. The van der Waals surface area contributed by atoms with Gasteiger partial charge in [-0.2, -0.15) is 0 Å². The number of carbonyl (C=O) groups is 1. The van der Waals surface area contributed by atoms with Gasteiger partial charge in [0.2, 0.25) is 0 Å². The average molecular weight is 256 g/mol. The van der Waals surface area contributed by atoms with Crippen LogP contribution in [0.25, 0.3) is 0 Å². The molecule has 0 heterocycles. The Morgan fingerprint density at radius 2 is 1.58 bits per heavy atom. The second-order valence-electron chi connectivity index (χ2n) is 4.73. The molecule has 2 rings (SSSR count). The van der Waals surface area contributed by atoms with Crippen molar-refractivity contribution in [2.24, 2.45) is 0 Å². The molecule has 3 nitrogen and oxygen atoms in total. The summed E-state index contributed by atoms with van der Waals surface area (Å²) >= 11 is 0. The number of hydrogen-bond donors (Lipinski definition) is 1. The zero-order valence-corrected chi connectivity index (χ0v) is 11.2. The molecular formula is C16H16O3. The highest BCUT2D eigenvalue weighted by atomic mass is 16.5. The Morgan fingerprint density at radius 1 is 0.947 bits per heavy atom. The Morgan fingerprint density at radius 3 is 2.16 bits per heavy atom. The van der Waals surface area contributed by atoms with Crippen molar-refractivity contribution >= 4 is 5.97 Å². The maximum Gasteiger partial charge on any atom is 0.339 e. The molecule has 0 atom stereocenters. The molecule has 0 aliphatic rings. The van der Waals surface area contributed by atoms with E-state index >= 15 is 0 Å². The predicted molar refractivity (Wildman–Crippen MR) is 74.1 cm³/mol. The first-order valence-corrected chi connectivity index (χ1v) is 6.06. The summed E-state index contributed by atoms with van der Waals surface area (Å²) in [6, 6.07) is 11.0. The lowest BCUT2D eigenvalue weighted by atomic mass is 10.1. The van der Waals surface area contributed by atoms with Crippen LogP contribution in [0, 0.1) is 20.8 Å². The van der Waals surface area contributed by atoms with Crippen LogP contribution in [0.4, 0.5) is 0 Å². The summed E-state index contributed by atoms with van der Waals surface area (Å²) in [6.07, 6.45) is 0. The van der Waals surface area contributed by atoms with E-state index in [4.69, 9.17) is 4.74 Å². The van der Waals surface area contributed by atoms with Gasteiger partial charge in [0.25, 0.3) is 0 Å². The Bertz CT molecular complexity index is 610. The normalized spacial score (nSPS) is 10.3. The molecule has 1 N–H and O–H groups in total. The lowest BCUT2D eigenvalue weighted by molar-refractivity contribution is 0.0694. The molecule has 0 saturated heterocycles. The molecule has 0 bridgehead atoms. The van der Waals surface area contributed by atoms with Crippen LogP contribution in [0.15, 0.2) is 36.4 Å². The number of ether oxygens (including phenoxy) is 1. The van der Waals surface area contributed by atoms with E-state index in [1.54, 1.807) is 12.1 Å². The molecule has 0 unspecified atom stereocenters. The highest BCUT2D eigenvalue weighted by Crippen LogP contribution is 2.27. The van der Waals surface area contributed by atoms with Crippen LogP contribution in [0.2, 0.25) is 0 Å². The summed E-state index contributed by atoms with van der Waals surface area (Å²) in [6.45, 7) is 5.81. The molecule has 0 aliphatic carbocycles. The molecule has 0 saturated carbocycles.